The highest BCUT2D eigenvalue weighted by Gasteiger charge is 2.21. The van der Waals surface area contributed by atoms with E-state index in [1.807, 2.05) is 27.2 Å². The molecule has 2 atom stereocenters. The van der Waals surface area contributed by atoms with Crippen molar-refractivity contribution in [3.63, 3.8) is 0 Å². The molecule has 0 aromatic carbocycles. The molecule has 0 saturated heterocycles. The molecule has 0 aromatic heterocycles. The van der Waals surface area contributed by atoms with Crippen LogP contribution in [0.15, 0.2) is 109 Å². The Morgan fingerprint density at radius 3 is 1.28 bits per heavy atom. The van der Waals surface area contributed by atoms with Gasteiger partial charge in [0.2, 0.25) is 0 Å². The molecular formula is C60H99NO8. The summed E-state index contributed by atoms with van der Waals surface area (Å²) in [6.07, 6.45) is 65.6. The van der Waals surface area contributed by atoms with Gasteiger partial charge in [-0.25, -0.2) is 0 Å². The van der Waals surface area contributed by atoms with Gasteiger partial charge in [-0.2, -0.15) is 0 Å². The molecule has 0 bridgehead atoms. The fraction of sp³-hybridized carbons (Fsp3) is 0.650. The molecule has 0 fully saturated rings. The average molecular weight is 962 g/mol. The van der Waals surface area contributed by atoms with E-state index in [1.54, 1.807) is 0 Å². The van der Waals surface area contributed by atoms with E-state index >= 15 is 0 Å². The normalized spacial score (nSPS) is 13.7. The van der Waals surface area contributed by atoms with Crippen LogP contribution >= 0.6 is 0 Å². The van der Waals surface area contributed by atoms with Gasteiger partial charge < -0.3 is 33.3 Å². The molecule has 0 aliphatic carbocycles. The molecule has 0 amide bonds. The topological polar surface area (TPSA) is 111 Å². The van der Waals surface area contributed by atoms with Crippen LogP contribution in [-0.4, -0.2) is 82.3 Å². The van der Waals surface area contributed by atoms with Gasteiger partial charge in [-0.3, -0.25) is 9.59 Å². The van der Waals surface area contributed by atoms with Crippen molar-refractivity contribution in [3.8, 4) is 0 Å². The first-order valence-corrected chi connectivity index (χ1v) is 27.0. The number of nitrogens with zero attached hydrogens (tertiary/aromatic N) is 1. The lowest BCUT2D eigenvalue weighted by Gasteiger charge is -2.26. The molecule has 0 radical (unpaired) electrons. The minimum absolute atomic E-state index is 0.130. The standard InChI is InChI=1S/C60H99NO8/c1-6-8-10-12-14-16-18-20-22-24-26-28-29-31-33-35-37-39-41-43-45-47-49-51-58(63)69-56(55-68-60(59(64)65)66-53-52-61(3,4)5)54-67-57(62)50-48-46-44-42-40-38-36-34-32-30-27-25-23-21-19-17-15-13-11-9-7-2/h8,10,14,16,19-22,25-28,31,33,37,39,43,45,56,60H,6-7,9,11-13,15,17-18,23-24,29-30,32,34-36,38,40-42,44,46-55H2,1-5H3/b10-8-,16-14-,21-19-,22-20-,27-25-,28-26-,33-31-,39-37-,45-43-. The Kier molecular flexibility index (Phi) is 47.4. The molecule has 0 aromatic rings. The van der Waals surface area contributed by atoms with Crippen LogP contribution in [0.2, 0.25) is 0 Å². The second-order valence-electron chi connectivity index (χ2n) is 18.8. The average Bonchev–Trinajstić information content (AvgIpc) is 3.31. The minimum Gasteiger partial charge on any atom is -0.545 e. The van der Waals surface area contributed by atoms with Crippen LogP contribution in [0.5, 0.6) is 0 Å². The number of carboxylic acid groups (broad SMARTS) is 1. The number of allylic oxidation sites excluding steroid dienone is 18. The summed E-state index contributed by atoms with van der Waals surface area (Å²) in [5.41, 5.74) is 0. The number of carbonyl (C=O) groups excluding carboxylic acids is 3. The summed E-state index contributed by atoms with van der Waals surface area (Å²) in [6, 6.07) is 0. The predicted octanol–water partition coefficient (Wildman–Crippen LogP) is 14.2. The zero-order valence-electron chi connectivity index (χ0n) is 44.4. The lowest BCUT2D eigenvalue weighted by atomic mass is 10.1. The SMILES string of the molecule is CC/C=C\C/C=C\C/C=C\C/C=C\C/C=C\C/C=C\C/C=C\CCCC(=O)OC(COC(=O)CCCCCCCCCCC/C=C\C/C=C\CCCCCCC)COC(OCC[N+](C)(C)C)C(=O)[O-]. The molecule has 9 heteroatoms. The van der Waals surface area contributed by atoms with Gasteiger partial charge in [0.05, 0.1) is 40.3 Å². The summed E-state index contributed by atoms with van der Waals surface area (Å²) in [5.74, 6) is -2.38. The Labute approximate surface area is 422 Å². The van der Waals surface area contributed by atoms with Gasteiger partial charge in [0.15, 0.2) is 12.4 Å². The zero-order chi connectivity index (χ0) is 50.6. The molecule has 0 aliphatic rings. The first-order valence-electron chi connectivity index (χ1n) is 27.0. The molecule has 2 unspecified atom stereocenters. The van der Waals surface area contributed by atoms with Gasteiger partial charge in [-0.1, -0.05) is 194 Å². The number of ether oxygens (including phenoxy) is 4. The predicted molar refractivity (Wildman–Crippen MR) is 287 cm³/mol. The lowest BCUT2D eigenvalue weighted by molar-refractivity contribution is -0.870. The van der Waals surface area contributed by atoms with Crippen molar-refractivity contribution in [2.45, 2.75) is 206 Å². The molecule has 0 spiro atoms. The number of carbonyl (C=O) groups is 3. The van der Waals surface area contributed by atoms with Crippen molar-refractivity contribution in [3.05, 3.63) is 109 Å². The molecule has 69 heavy (non-hydrogen) atoms. The van der Waals surface area contributed by atoms with Crippen molar-refractivity contribution in [2.75, 3.05) is 47.5 Å². The number of likely N-dealkylation sites (N-methyl/N-ethyl adjacent to an activating group) is 1. The van der Waals surface area contributed by atoms with E-state index in [0.717, 1.165) is 83.5 Å². The largest absolute Gasteiger partial charge is 0.545 e. The van der Waals surface area contributed by atoms with Crippen molar-refractivity contribution in [1.82, 2.24) is 0 Å². The summed E-state index contributed by atoms with van der Waals surface area (Å²) >= 11 is 0. The summed E-state index contributed by atoms with van der Waals surface area (Å²) in [7, 11) is 5.89. The molecule has 0 aliphatic heterocycles. The van der Waals surface area contributed by atoms with Crippen LogP contribution in [0.4, 0.5) is 0 Å². The minimum atomic E-state index is -1.64. The van der Waals surface area contributed by atoms with E-state index in [0.29, 0.717) is 23.9 Å². The Morgan fingerprint density at radius 1 is 0.449 bits per heavy atom. The zero-order valence-corrected chi connectivity index (χ0v) is 44.4. The lowest BCUT2D eigenvalue weighted by Crippen LogP contribution is -2.44. The van der Waals surface area contributed by atoms with Gasteiger partial charge in [0, 0.05) is 12.8 Å². The summed E-state index contributed by atoms with van der Waals surface area (Å²) in [6.45, 7) is 4.53. The van der Waals surface area contributed by atoms with E-state index in [-0.39, 0.29) is 38.6 Å². The van der Waals surface area contributed by atoms with Crippen molar-refractivity contribution >= 4 is 17.9 Å². The maximum atomic E-state index is 12.8. The third-order valence-electron chi connectivity index (χ3n) is 11.0. The Hall–Kier alpha value is -4.05. The monoisotopic (exact) mass is 962 g/mol. The van der Waals surface area contributed by atoms with Gasteiger partial charge in [-0.15, -0.1) is 0 Å². The quantitative estimate of drug-likeness (QED) is 0.0195. The maximum Gasteiger partial charge on any atom is 0.306 e. The highest BCUT2D eigenvalue weighted by molar-refractivity contribution is 5.70. The molecule has 392 valence electrons. The van der Waals surface area contributed by atoms with E-state index in [2.05, 4.69) is 117 Å². The molecule has 0 saturated carbocycles. The number of aliphatic carboxylic acids is 1. The smallest absolute Gasteiger partial charge is 0.306 e. The molecular weight excluding hydrogens is 863 g/mol. The van der Waals surface area contributed by atoms with Crippen LogP contribution in [0, 0.1) is 0 Å². The summed E-state index contributed by atoms with van der Waals surface area (Å²) < 4.78 is 22.6. The number of hydrogen-bond acceptors (Lipinski definition) is 8. The number of esters is 2. The third kappa shape index (κ3) is 51.6. The Morgan fingerprint density at radius 2 is 0.841 bits per heavy atom. The van der Waals surface area contributed by atoms with E-state index < -0.39 is 24.3 Å². The molecule has 0 N–H and O–H groups in total. The van der Waals surface area contributed by atoms with Crippen molar-refractivity contribution < 1.29 is 42.9 Å². The van der Waals surface area contributed by atoms with E-state index in [9.17, 15) is 19.5 Å². The number of unbranched alkanes of at least 4 members (excludes halogenated alkanes) is 15. The molecule has 0 rings (SSSR count). The summed E-state index contributed by atoms with van der Waals surface area (Å²) in [4.78, 5) is 37.2. The van der Waals surface area contributed by atoms with Gasteiger partial charge in [-0.05, 0) is 96.3 Å². The first kappa shape index (κ1) is 65.0. The van der Waals surface area contributed by atoms with Crippen LogP contribution < -0.4 is 5.11 Å². The second-order valence-corrected chi connectivity index (χ2v) is 18.8. The Balaban J connectivity index is 4.45. The third-order valence-corrected chi connectivity index (χ3v) is 11.0. The number of quaternary nitrogens is 1. The first-order chi connectivity index (χ1) is 33.6. The second kappa shape index (κ2) is 50.3. The van der Waals surface area contributed by atoms with Gasteiger partial charge in [0.25, 0.3) is 0 Å². The highest BCUT2D eigenvalue weighted by atomic mass is 16.7. The van der Waals surface area contributed by atoms with Crippen LogP contribution in [0.3, 0.4) is 0 Å². The van der Waals surface area contributed by atoms with Gasteiger partial charge >= 0.3 is 11.9 Å². The highest BCUT2D eigenvalue weighted by Crippen LogP contribution is 2.13. The number of hydrogen-bond donors (Lipinski definition) is 0. The van der Waals surface area contributed by atoms with Crippen LogP contribution in [0.25, 0.3) is 0 Å². The van der Waals surface area contributed by atoms with Crippen molar-refractivity contribution in [2.24, 2.45) is 0 Å². The number of rotatable bonds is 48. The fourth-order valence-corrected chi connectivity index (χ4v) is 6.85. The van der Waals surface area contributed by atoms with Crippen LogP contribution in [0.1, 0.15) is 194 Å². The molecule has 9 nitrogen and oxygen atoms in total. The fourth-order valence-electron chi connectivity index (χ4n) is 6.85. The van der Waals surface area contributed by atoms with E-state index in [1.165, 1.54) is 70.6 Å². The Bertz CT molecular complexity index is 1490. The van der Waals surface area contributed by atoms with Crippen molar-refractivity contribution in [1.29, 1.82) is 0 Å². The summed E-state index contributed by atoms with van der Waals surface area (Å²) in [5, 5.41) is 11.8. The van der Waals surface area contributed by atoms with E-state index in [4.69, 9.17) is 18.9 Å². The molecule has 0 heterocycles. The maximum absolute atomic E-state index is 12.8. The van der Waals surface area contributed by atoms with Gasteiger partial charge in [0.1, 0.15) is 13.2 Å². The number of carboxylic acids is 1. The van der Waals surface area contributed by atoms with Crippen LogP contribution in [-0.2, 0) is 33.3 Å².